The Morgan fingerprint density at radius 2 is 2.10 bits per heavy atom. The lowest BCUT2D eigenvalue weighted by molar-refractivity contribution is -0.129. The molecular formula is C12H19N3O3S2. The standard InChI is InChI=1S/C12H19N3O3S2/c1-14-7-2-8-15(9-11(14)16)20(17,18)12-4-3-10(19-12)5-6-13/h3-4H,2,5-9,13H2,1H3. The predicted octanol–water partition coefficient (Wildman–Crippen LogP) is 0.102. The van der Waals surface area contributed by atoms with E-state index in [0.29, 0.717) is 36.7 Å². The largest absolute Gasteiger partial charge is 0.345 e. The predicted molar refractivity (Wildman–Crippen MR) is 78.1 cm³/mol. The minimum absolute atomic E-state index is 0.0804. The lowest BCUT2D eigenvalue weighted by Gasteiger charge is -2.18. The molecule has 1 saturated heterocycles. The van der Waals surface area contributed by atoms with Crippen molar-refractivity contribution in [3.05, 3.63) is 17.0 Å². The van der Waals surface area contributed by atoms with Gasteiger partial charge in [-0.15, -0.1) is 11.3 Å². The summed E-state index contributed by atoms with van der Waals surface area (Å²) in [4.78, 5) is 14.3. The van der Waals surface area contributed by atoms with Gasteiger partial charge >= 0.3 is 0 Å². The number of likely N-dealkylation sites (N-methyl/N-ethyl adjacent to an activating group) is 1. The summed E-state index contributed by atoms with van der Waals surface area (Å²) in [6, 6.07) is 3.39. The molecule has 0 aromatic carbocycles. The molecule has 0 atom stereocenters. The summed E-state index contributed by atoms with van der Waals surface area (Å²) in [5.41, 5.74) is 5.47. The molecular weight excluding hydrogens is 298 g/mol. The van der Waals surface area contributed by atoms with E-state index in [9.17, 15) is 13.2 Å². The van der Waals surface area contributed by atoms with Crippen molar-refractivity contribution in [2.75, 3.05) is 33.2 Å². The first-order valence-corrected chi connectivity index (χ1v) is 8.73. The van der Waals surface area contributed by atoms with Gasteiger partial charge in [0.25, 0.3) is 10.0 Å². The zero-order valence-electron chi connectivity index (χ0n) is 11.4. The Kier molecular flexibility index (Phi) is 4.79. The van der Waals surface area contributed by atoms with E-state index in [4.69, 9.17) is 5.73 Å². The van der Waals surface area contributed by atoms with Crippen molar-refractivity contribution in [2.24, 2.45) is 5.73 Å². The van der Waals surface area contributed by atoms with E-state index in [1.807, 2.05) is 0 Å². The Morgan fingerprint density at radius 1 is 1.35 bits per heavy atom. The Labute approximate surface area is 123 Å². The zero-order chi connectivity index (χ0) is 14.8. The van der Waals surface area contributed by atoms with Crippen molar-refractivity contribution in [3.8, 4) is 0 Å². The molecule has 0 bridgehead atoms. The van der Waals surface area contributed by atoms with Crippen LogP contribution in [0.3, 0.4) is 0 Å². The van der Waals surface area contributed by atoms with Crippen LogP contribution in [0.1, 0.15) is 11.3 Å². The molecule has 8 heteroatoms. The van der Waals surface area contributed by atoms with Crippen LogP contribution in [0.2, 0.25) is 0 Å². The number of rotatable bonds is 4. The molecule has 0 unspecified atom stereocenters. The average molecular weight is 317 g/mol. The van der Waals surface area contributed by atoms with Crippen LogP contribution >= 0.6 is 11.3 Å². The van der Waals surface area contributed by atoms with Crippen LogP contribution in [0.25, 0.3) is 0 Å². The second-order valence-electron chi connectivity index (χ2n) is 4.77. The molecule has 20 heavy (non-hydrogen) atoms. The third kappa shape index (κ3) is 3.20. The third-order valence-corrected chi connectivity index (χ3v) is 6.72. The first-order valence-electron chi connectivity index (χ1n) is 6.48. The molecule has 6 nitrogen and oxygen atoms in total. The van der Waals surface area contributed by atoms with Crippen molar-refractivity contribution >= 4 is 27.3 Å². The lowest BCUT2D eigenvalue weighted by Crippen LogP contribution is -2.37. The van der Waals surface area contributed by atoms with Gasteiger partial charge in [0.1, 0.15) is 4.21 Å². The van der Waals surface area contributed by atoms with Gasteiger partial charge in [0.15, 0.2) is 0 Å². The van der Waals surface area contributed by atoms with Gasteiger partial charge in [0.2, 0.25) is 5.91 Å². The van der Waals surface area contributed by atoms with Gasteiger partial charge in [-0.3, -0.25) is 4.79 Å². The number of amides is 1. The molecule has 2 N–H and O–H groups in total. The van der Waals surface area contributed by atoms with E-state index in [2.05, 4.69) is 0 Å². The van der Waals surface area contributed by atoms with Crippen LogP contribution in [0.15, 0.2) is 16.3 Å². The Morgan fingerprint density at radius 3 is 2.80 bits per heavy atom. The second-order valence-corrected chi connectivity index (χ2v) is 8.10. The summed E-state index contributed by atoms with van der Waals surface area (Å²) >= 11 is 1.23. The van der Waals surface area contributed by atoms with E-state index in [1.54, 1.807) is 24.1 Å². The van der Waals surface area contributed by atoms with Crippen LogP contribution in [-0.2, 0) is 21.2 Å². The molecule has 1 fully saturated rings. The van der Waals surface area contributed by atoms with Gasteiger partial charge in [0.05, 0.1) is 6.54 Å². The summed E-state index contributed by atoms with van der Waals surface area (Å²) in [7, 11) is -1.88. The normalized spacial score (nSPS) is 18.3. The molecule has 1 aliphatic rings. The average Bonchev–Trinajstić information content (AvgIpc) is 2.80. The molecule has 0 saturated carbocycles. The summed E-state index contributed by atoms with van der Waals surface area (Å²) in [5.74, 6) is -0.162. The molecule has 1 amide bonds. The minimum Gasteiger partial charge on any atom is -0.345 e. The number of carbonyl (C=O) groups is 1. The molecule has 1 aromatic rings. The Balaban J connectivity index is 2.22. The maximum atomic E-state index is 12.5. The molecule has 1 aliphatic heterocycles. The monoisotopic (exact) mass is 317 g/mol. The van der Waals surface area contributed by atoms with E-state index in [0.717, 1.165) is 4.88 Å². The fourth-order valence-corrected chi connectivity index (χ4v) is 5.02. The van der Waals surface area contributed by atoms with Crippen molar-refractivity contribution < 1.29 is 13.2 Å². The van der Waals surface area contributed by atoms with E-state index in [-0.39, 0.29) is 12.5 Å². The fraction of sp³-hybridized carbons (Fsp3) is 0.583. The first kappa shape index (κ1) is 15.4. The summed E-state index contributed by atoms with van der Waals surface area (Å²) < 4.78 is 26.7. The van der Waals surface area contributed by atoms with Crippen LogP contribution in [0, 0.1) is 0 Å². The summed E-state index contributed by atoms with van der Waals surface area (Å²) in [6.45, 7) is 1.38. The van der Waals surface area contributed by atoms with Gasteiger partial charge in [-0.1, -0.05) is 0 Å². The SMILES string of the molecule is CN1CCCN(S(=O)(=O)c2ccc(CCN)s2)CC1=O. The minimum atomic E-state index is -3.58. The van der Waals surface area contributed by atoms with Gasteiger partial charge < -0.3 is 10.6 Å². The maximum Gasteiger partial charge on any atom is 0.253 e. The molecule has 0 aliphatic carbocycles. The first-order chi connectivity index (χ1) is 9.45. The van der Waals surface area contributed by atoms with Crippen LogP contribution in [0.5, 0.6) is 0 Å². The molecule has 0 radical (unpaired) electrons. The molecule has 1 aromatic heterocycles. The van der Waals surface area contributed by atoms with Crippen molar-refractivity contribution in [1.29, 1.82) is 0 Å². The second kappa shape index (κ2) is 6.21. The quantitative estimate of drug-likeness (QED) is 0.854. The van der Waals surface area contributed by atoms with Crippen molar-refractivity contribution in [1.82, 2.24) is 9.21 Å². The number of carbonyl (C=O) groups excluding carboxylic acids is 1. The molecule has 112 valence electrons. The van der Waals surface area contributed by atoms with Crippen LogP contribution in [0.4, 0.5) is 0 Å². The Bertz CT molecular complexity index is 583. The summed E-state index contributed by atoms with van der Waals surface area (Å²) in [5, 5.41) is 0. The highest BCUT2D eigenvalue weighted by Crippen LogP contribution is 2.26. The van der Waals surface area contributed by atoms with Gasteiger partial charge in [0, 0.05) is 25.0 Å². The number of sulfonamides is 1. The highest BCUT2D eigenvalue weighted by Gasteiger charge is 2.30. The smallest absolute Gasteiger partial charge is 0.253 e. The number of nitrogens with two attached hydrogens (primary N) is 1. The highest BCUT2D eigenvalue weighted by atomic mass is 32.2. The van der Waals surface area contributed by atoms with Crippen molar-refractivity contribution in [3.63, 3.8) is 0 Å². The van der Waals surface area contributed by atoms with E-state index < -0.39 is 10.0 Å². The van der Waals surface area contributed by atoms with Crippen LogP contribution in [-0.4, -0.2) is 56.8 Å². The van der Waals surface area contributed by atoms with Gasteiger partial charge in [-0.05, 0) is 31.5 Å². The van der Waals surface area contributed by atoms with E-state index in [1.165, 1.54) is 15.6 Å². The van der Waals surface area contributed by atoms with E-state index >= 15 is 0 Å². The number of nitrogens with zero attached hydrogens (tertiary/aromatic N) is 2. The number of hydrogen-bond acceptors (Lipinski definition) is 5. The molecule has 0 spiro atoms. The van der Waals surface area contributed by atoms with Crippen molar-refractivity contribution in [2.45, 2.75) is 17.1 Å². The Hall–Kier alpha value is -0.960. The fourth-order valence-electron chi connectivity index (χ4n) is 2.07. The van der Waals surface area contributed by atoms with Gasteiger partial charge in [-0.25, -0.2) is 8.42 Å². The maximum absolute atomic E-state index is 12.5. The van der Waals surface area contributed by atoms with Gasteiger partial charge in [-0.2, -0.15) is 4.31 Å². The molecule has 2 rings (SSSR count). The lowest BCUT2D eigenvalue weighted by atomic mass is 10.3. The number of hydrogen-bond donors (Lipinski definition) is 1. The highest BCUT2D eigenvalue weighted by molar-refractivity contribution is 7.91. The molecule has 2 heterocycles. The topological polar surface area (TPSA) is 83.7 Å². The van der Waals surface area contributed by atoms with Crippen LogP contribution < -0.4 is 5.73 Å². The third-order valence-electron chi connectivity index (χ3n) is 3.26. The number of thiophene rings is 1. The summed E-state index contributed by atoms with van der Waals surface area (Å²) in [6.07, 6.45) is 1.32. The zero-order valence-corrected chi connectivity index (χ0v) is 13.0.